The van der Waals surface area contributed by atoms with Gasteiger partial charge in [-0.15, -0.1) is 0 Å². The molecule has 50 heavy (non-hydrogen) atoms. The summed E-state index contributed by atoms with van der Waals surface area (Å²) < 4.78 is 48.7. The predicted molar refractivity (Wildman–Crippen MR) is 165 cm³/mol. The van der Waals surface area contributed by atoms with Gasteiger partial charge in [-0.2, -0.15) is 0 Å². The van der Waals surface area contributed by atoms with Crippen molar-refractivity contribution in [2.24, 2.45) is 33.5 Å². The van der Waals surface area contributed by atoms with E-state index >= 15 is 4.79 Å². The fourth-order valence-corrected chi connectivity index (χ4v) is 12.0. The Hall–Kier alpha value is -3.78. The minimum absolute atomic E-state index is 0.0458. The highest BCUT2D eigenvalue weighted by molar-refractivity contribution is 5.93. The molecule has 4 aliphatic carbocycles. The quantitative estimate of drug-likeness (QED) is 0.240. The van der Waals surface area contributed by atoms with Crippen LogP contribution < -0.4 is 0 Å². The smallest absolute Gasteiger partial charge is 0.304 e. The molecule has 14 atom stereocenters. The van der Waals surface area contributed by atoms with Gasteiger partial charge in [0.05, 0.1) is 36.1 Å². The zero-order chi connectivity index (χ0) is 36.3. The van der Waals surface area contributed by atoms with Crippen molar-refractivity contribution in [1.29, 1.82) is 0 Å². The Morgan fingerprint density at radius 1 is 0.740 bits per heavy atom. The molecule has 1 aromatic heterocycles. The number of carbonyl (C=O) groups excluding carboxylic acids is 6. The maximum atomic E-state index is 15.7. The van der Waals surface area contributed by atoms with E-state index in [2.05, 4.69) is 0 Å². The number of fused-ring (bicyclic) bond motifs is 1. The first-order valence-electron chi connectivity index (χ1n) is 17.1. The number of furan rings is 1. The fraction of sp³-hybridized carbons (Fsp3) is 0.722. The van der Waals surface area contributed by atoms with E-state index in [-0.39, 0.29) is 25.4 Å². The van der Waals surface area contributed by atoms with Crippen molar-refractivity contribution in [2.75, 3.05) is 6.61 Å². The molecule has 4 saturated carbocycles. The van der Waals surface area contributed by atoms with E-state index in [0.717, 1.165) is 5.56 Å². The summed E-state index contributed by atoms with van der Waals surface area (Å²) >= 11 is 0. The summed E-state index contributed by atoms with van der Waals surface area (Å²) in [6.45, 7) is 11.6. The third kappa shape index (κ3) is 4.20. The van der Waals surface area contributed by atoms with Gasteiger partial charge in [0.25, 0.3) is 0 Å². The Morgan fingerprint density at radius 3 is 1.92 bits per heavy atom. The van der Waals surface area contributed by atoms with E-state index in [9.17, 15) is 24.0 Å². The minimum Gasteiger partial charge on any atom is -0.472 e. The second-order valence-corrected chi connectivity index (χ2v) is 15.6. The molecule has 6 fully saturated rings. The predicted octanol–water partition coefficient (Wildman–Crippen LogP) is 3.18. The van der Waals surface area contributed by atoms with Crippen LogP contribution in [0, 0.1) is 33.5 Å². The molecule has 0 radical (unpaired) electrons. The summed E-state index contributed by atoms with van der Waals surface area (Å²) in [4.78, 5) is 79.5. The van der Waals surface area contributed by atoms with Crippen LogP contribution in [0.4, 0.5) is 0 Å². The van der Waals surface area contributed by atoms with Gasteiger partial charge >= 0.3 is 29.8 Å². The molecule has 14 nitrogen and oxygen atoms in total. The molecular weight excluding hydrogens is 656 g/mol. The molecule has 2 bridgehead atoms. The topological polar surface area (TPSA) is 183 Å². The van der Waals surface area contributed by atoms with Gasteiger partial charge in [0.2, 0.25) is 6.29 Å². The van der Waals surface area contributed by atoms with E-state index in [1.54, 1.807) is 19.5 Å². The summed E-state index contributed by atoms with van der Waals surface area (Å²) in [7, 11) is 0. The average molecular weight is 701 g/mol. The van der Waals surface area contributed by atoms with Crippen LogP contribution in [0.5, 0.6) is 0 Å². The third-order valence-electron chi connectivity index (χ3n) is 13.4. The van der Waals surface area contributed by atoms with Crippen molar-refractivity contribution in [3.63, 3.8) is 0 Å². The first-order chi connectivity index (χ1) is 23.4. The molecule has 14 heteroatoms. The summed E-state index contributed by atoms with van der Waals surface area (Å²) in [6, 6.07) is 1.82. The van der Waals surface area contributed by atoms with E-state index < -0.39 is 112 Å². The normalized spacial score (nSPS) is 46.6. The van der Waals surface area contributed by atoms with Crippen LogP contribution in [0.1, 0.15) is 86.1 Å². The fourth-order valence-electron chi connectivity index (χ4n) is 12.0. The largest absolute Gasteiger partial charge is 0.472 e. The number of carbonyl (C=O) groups is 6. The highest BCUT2D eigenvalue weighted by Crippen LogP contribution is 2.83. The van der Waals surface area contributed by atoms with Crippen molar-refractivity contribution in [3.05, 3.63) is 24.2 Å². The first kappa shape index (κ1) is 34.7. The highest BCUT2D eigenvalue weighted by atomic mass is 16.7. The molecule has 2 saturated heterocycles. The molecule has 1 spiro atoms. The Labute approximate surface area is 289 Å². The Kier molecular flexibility index (Phi) is 7.70. The summed E-state index contributed by atoms with van der Waals surface area (Å²) in [5.41, 5.74) is -5.48. The number of esters is 5. The van der Waals surface area contributed by atoms with E-state index in [1.165, 1.54) is 34.6 Å². The van der Waals surface area contributed by atoms with Crippen LogP contribution in [-0.4, -0.2) is 84.6 Å². The lowest BCUT2D eigenvalue weighted by Gasteiger charge is -2.73. The maximum Gasteiger partial charge on any atom is 0.304 e. The lowest BCUT2D eigenvalue weighted by atomic mass is 9.33. The zero-order valence-corrected chi connectivity index (χ0v) is 29.5. The van der Waals surface area contributed by atoms with Crippen LogP contribution in [-0.2, 0) is 61.9 Å². The molecule has 2 aliphatic heterocycles. The number of ether oxygens (including phenoxy) is 7. The average Bonchev–Trinajstić information content (AvgIpc) is 3.36. The molecule has 272 valence electrons. The molecule has 6 aliphatic rings. The molecule has 1 aromatic rings. The number of rotatable bonds is 6. The zero-order valence-electron chi connectivity index (χ0n) is 29.5. The monoisotopic (exact) mass is 700 g/mol. The lowest BCUT2D eigenvalue weighted by Crippen LogP contribution is -2.82. The highest BCUT2D eigenvalue weighted by Gasteiger charge is 2.93. The molecule has 0 amide bonds. The second-order valence-electron chi connectivity index (χ2n) is 15.6. The Balaban J connectivity index is 1.51. The van der Waals surface area contributed by atoms with Crippen LogP contribution in [0.3, 0.4) is 0 Å². The number of Topliss-reactive ketones (excluding diaryl/α,β-unsaturated/α-hetero) is 1. The van der Waals surface area contributed by atoms with Crippen molar-refractivity contribution < 1.29 is 66.3 Å². The first-order valence-corrected chi connectivity index (χ1v) is 17.1. The number of hydrogen-bond donors (Lipinski definition) is 0. The van der Waals surface area contributed by atoms with Crippen LogP contribution in [0.25, 0.3) is 0 Å². The molecule has 3 heterocycles. The maximum absolute atomic E-state index is 15.7. The Bertz CT molecular complexity index is 1650. The van der Waals surface area contributed by atoms with Gasteiger partial charge in [0.1, 0.15) is 23.9 Å². The van der Waals surface area contributed by atoms with Gasteiger partial charge < -0.3 is 37.6 Å². The second kappa shape index (κ2) is 11.1. The minimum atomic E-state index is -1.37. The van der Waals surface area contributed by atoms with Crippen molar-refractivity contribution in [1.82, 2.24) is 0 Å². The molecule has 7 rings (SSSR count). The van der Waals surface area contributed by atoms with Gasteiger partial charge in [-0.05, 0) is 37.3 Å². The third-order valence-corrected chi connectivity index (χ3v) is 13.4. The molecule has 0 N–H and O–H groups in total. The van der Waals surface area contributed by atoms with Gasteiger partial charge in [-0.3, -0.25) is 28.8 Å². The lowest BCUT2D eigenvalue weighted by molar-refractivity contribution is -0.374. The summed E-state index contributed by atoms with van der Waals surface area (Å²) in [5.74, 6) is -5.88. The van der Waals surface area contributed by atoms with Crippen molar-refractivity contribution in [2.45, 2.75) is 123 Å². The number of ketones is 1. The SMILES string of the molecule is CC(=O)O[C@@H]1OC[C@]23[C@@H](OC(C)=O)C[C@@H](OC(C)=O)[C@@]1(C)[C@@H]2C[C@@H](OC(C)=O)[C@]1(C)[C@@H]3C(=O)[C@H](OC(C)=O)[C@@]2(C)[C@H](c3ccoc3)C[C@H]3O[C@@]312. The van der Waals surface area contributed by atoms with E-state index in [4.69, 9.17) is 37.6 Å². The van der Waals surface area contributed by atoms with Crippen LogP contribution in [0.15, 0.2) is 23.0 Å². The standard InChI is InChI=1S/C36H44O14/c1-16(37)45-24-13-26(47-18(3)39)35-15-44-31(49-20(5)41)32(24,6)23(35)12-25(46-17(2)38)34(8)29(35)28(42)30(48-19(4)40)33(7)22(21-9-10-43-14-21)11-27-36(33,34)50-27/h9-10,14,22-27,29-31H,11-13,15H2,1-8H3/t22-,23-,24+,25+,26-,27+,29-,30-,31-,32+,33+,34+,35+,36+/m0/s1. The summed E-state index contributed by atoms with van der Waals surface area (Å²) in [5, 5.41) is 0. The molecule has 0 aromatic carbocycles. The Morgan fingerprint density at radius 2 is 1.34 bits per heavy atom. The number of hydrogen-bond acceptors (Lipinski definition) is 14. The van der Waals surface area contributed by atoms with Crippen LogP contribution in [0.2, 0.25) is 0 Å². The van der Waals surface area contributed by atoms with E-state index in [1.807, 2.05) is 19.9 Å². The van der Waals surface area contributed by atoms with Gasteiger partial charge in [0.15, 0.2) is 11.9 Å². The van der Waals surface area contributed by atoms with Gasteiger partial charge in [0, 0.05) is 63.7 Å². The number of epoxide rings is 1. The van der Waals surface area contributed by atoms with Gasteiger partial charge in [-0.25, -0.2) is 0 Å². The molecule has 0 unspecified atom stereocenters. The van der Waals surface area contributed by atoms with Gasteiger partial charge in [-0.1, -0.05) is 13.8 Å². The summed E-state index contributed by atoms with van der Waals surface area (Å²) in [6.07, 6.45) is -2.37. The van der Waals surface area contributed by atoms with Crippen molar-refractivity contribution >= 4 is 35.6 Å². The molecular formula is C36H44O14. The van der Waals surface area contributed by atoms with Crippen molar-refractivity contribution in [3.8, 4) is 0 Å². The van der Waals surface area contributed by atoms with Crippen LogP contribution >= 0.6 is 0 Å². The van der Waals surface area contributed by atoms with E-state index in [0.29, 0.717) is 6.42 Å².